The van der Waals surface area contributed by atoms with E-state index in [1.54, 1.807) is 7.11 Å². The maximum absolute atomic E-state index is 13.9. The van der Waals surface area contributed by atoms with Gasteiger partial charge in [0, 0.05) is 6.54 Å². The molecule has 1 aromatic rings. The fourth-order valence-electron chi connectivity index (χ4n) is 2.49. The van der Waals surface area contributed by atoms with E-state index in [2.05, 4.69) is 5.32 Å². The van der Waals surface area contributed by atoms with Crippen molar-refractivity contribution in [3.05, 3.63) is 29.3 Å². The number of amides is 1. The highest BCUT2D eigenvalue weighted by Gasteiger charge is 2.60. The molecular formula is C16H21F2NO3. The maximum atomic E-state index is 13.9. The van der Waals surface area contributed by atoms with Crippen molar-refractivity contribution < 1.29 is 23.4 Å². The third-order valence-corrected chi connectivity index (χ3v) is 4.22. The molecule has 0 radical (unpaired) electrons. The van der Waals surface area contributed by atoms with Gasteiger partial charge in [-0.2, -0.15) is 8.78 Å². The summed E-state index contributed by atoms with van der Waals surface area (Å²) in [6.45, 7) is 1.99. The SMILES string of the molecule is COc1cc(CCNC(=O)C(F)(F)C2(O)CCC2)ccc1C. The summed E-state index contributed by atoms with van der Waals surface area (Å²) in [4.78, 5) is 11.6. The Kier molecular flexibility index (Phi) is 4.70. The van der Waals surface area contributed by atoms with Crippen LogP contribution in [0.15, 0.2) is 18.2 Å². The van der Waals surface area contributed by atoms with E-state index in [0.29, 0.717) is 12.8 Å². The molecule has 1 saturated carbocycles. The lowest BCUT2D eigenvalue weighted by Crippen LogP contribution is -2.60. The summed E-state index contributed by atoms with van der Waals surface area (Å²) in [5.41, 5.74) is -0.313. The summed E-state index contributed by atoms with van der Waals surface area (Å²) < 4.78 is 32.9. The van der Waals surface area contributed by atoms with Crippen molar-refractivity contribution in [1.29, 1.82) is 0 Å². The molecule has 1 fully saturated rings. The summed E-state index contributed by atoms with van der Waals surface area (Å²) >= 11 is 0. The Hall–Kier alpha value is -1.69. The third-order valence-electron chi connectivity index (χ3n) is 4.22. The number of aliphatic hydroxyl groups is 1. The quantitative estimate of drug-likeness (QED) is 0.846. The van der Waals surface area contributed by atoms with Crippen molar-refractivity contribution in [2.75, 3.05) is 13.7 Å². The van der Waals surface area contributed by atoms with Crippen LogP contribution >= 0.6 is 0 Å². The van der Waals surface area contributed by atoms with Gasteiger partial charge < -0.3 is 15.2 Å². The number of carbonyl (C=O) groups excluding carboxylic acids is 1. The molecule has 1 aliphatic carbocycles. The van der Waals surface area contributed by atoms with Gasteiger partial charge in [-0.05, 0) is 49.8 Å². The summed E-state index contributed by atoms with van der Waals surface area (Å²) in [6, 6.07) is 5.56. The van der Waals surface area contributed by atoms with E-state index >= 15 is 0 Å². The minimum absolute atomic E-state index is 0.0391. The molecule has 0 heterocycles. The van der Waals surface area contributed by atoms with Crippen LogP contribution in [0.2, 0.25) is 0 Å². The molecular weight excluding hydrogens is 292 g/mol. The van der Waals surface area contributed by atoms with Crippen molar-refractivity contribution >= 4 is 5.91 Å². The number of carbonyl (C=O) groups is 1. The Balaban J connectivity index is 1.89. The summed E-state index contributed by atoms with van der Waals surface area (Å²) in [5, 5.41) is 11.9. The smallest absolute Gasteiger partial charge is 0.352 e. The predicted octanol–water partition coefficient (Wildman–Crippen LogP) is 2.21. The molecule has 1 aliphatic rings. The second kappa shape index (κ2) is 6.20. The first-order chi connectivity index (χ1) is 10.3. The molecule has 0 aliphatic heterocycles. The topological polar surface area (TPSA) is 58.6 Å². The second-order valence-electron chi connectivity index (χ2n) is 5.77. The molecule has 0 bridgehead atoms. The first-order valence-corrected chi connectivity index (χ1v) is 7.32. The molecule has 0 unspecified atom stereocenters. The molecule has 122 valence electrons. The van der Waals surface area contributed by atoms with Gasteiger partial charge in [0.25, 0.3) is 5.91 Å². The first-order valence-electron chi connectivity index (χ1n) is 7.32. The first kappa shape index (κ1) is 16.7. The fraction of sp³-hybridized carbons (Fsp3) is 0.562. The maximum Gasteiger partial charge on any atom is 0.352 e. The van der Waals surface area contributed by atoms with E-state index in [1.165, 1.54) is 0 Å². The van der Waals surface area contributed by atoms with E-state index in [0.717, 1.165) is 16.9 Å². The van der Waals surface area contributed by atoms with Crippen LogP contribution in [-0.4, -0.2) is 36.2 Å². The lowest BCUT2D eigenvalue weighted by molar-refractivity contribution is -0.215. The number of methoxy groups -OCH3 is 1. The number of hydrogen-bond donors (Lipinski definition) is 2. The van der Waals surface area contributed by atoms with E-state index < -0.39 is 17.4 Å². The summed E-state index contributed by atoms with van der Waals surface area (Å²) in [6.07, 6.45) is 0.852. The molecule has 22 heavy (non-hydrogen) atoms. The van der Waals surface area contributed by atoms with Gasteiger partial charge in [-0.3, -0.25) is 4.79 Å². The largest absolute Gasteiger partial charge is 0.496 e. The van der Waals surface area contributed by atoms with E-state index in [1.807, 2.05) is 25.1 Å². The highest BCUT2D eigenvalue weighted by atomic mass is 19.3. The van der Waals surface area contributed by atoms with E-state index in [9.17, 15) is 18.7 Å². The predicted molar refractivity (Wildman–Crippen MR) is 78.2 cm³/mol. The van der Waals surface area contributed by atoms with Gasteiger partial charge in [0.1, 0.15) is 11.4 Å². The number of hydrogen-bond acceptors (Lipinski definition) is 3. The van der Waals surface area contributed by atoms with Gasteiger partial charge in [-0.25, -0.2) is 0 Å². The normalized spacial score (nSPS) is 16.8. The monoisotopic (exact) mass is 313 g/mol. The van der Waals surface area contributed by atoms with Gasteiger partial charge in [0.15, 0.2) is 0 Å². The average molecular weight is 313 g/mol. The molecule has 0 atom stereocenters. The Morgan fingerprint density at radius 1 is 1.45 bits per heavy atom. The molecule has 4 nitrogen and oxygen atoms in total. The Bertz CT molecular complexity index is 556. The third kappa shape index (κ3) is 3.06. The van der Waals surface area contributed by atoms with Crippen LogP contribution in [0, 0.1) is 6.92 Å². The Morgan fingerprint density at radius 2 is 2.14 bits per heavy atom. The number of benzene rings is 1. The van der Waals surface area contributed by atoms with Gasteiger partial charge >= 0.3 is 5.92 Å². The number of rotatable bonds is 6. The molecule has 2 N–H and O–H groups in total. The number of ether oxygens (including phenoxy) is 1. The van der Waals surface area contributed by atoms with E-state index in [4.69, 9.17) is 4.74 Å². The van der Waals surface area contributed by atoms with Crippen LogP contribution in [0.3, 0.4) is 0 Å². The molecule has 1 amide bonds. The van der Waals surface area contributed by atoms with Crippen LogP contribution in [-0.2, 0) is 11.2 Å². The van der Waals surface area contributed by atoms with Crippen molar-refractivity contribution in [2.45, 2.75) is 44.1 Å². The summed E-state index contributed by atoms with van der Waals surface area (Å²) in [7, 11) is 1.56. The number of nitrogens with one attached hydrogen (secondary N) is 1. The lowest BCUT2D eigenvalue weighted by atomic mass is 9.75. The molecule has 0 saturated heterocycles. The molecule has 1 aromatic carbocycles. The van der Waals surface area contributed by atoms with Crippen LogP contribution in [0.4, 0.5) is 8.78 Å². The number of halogens is 2. The van der Waals surface area contributed by atoms with Crippen molar-refractivity contribution in [3.63, 3.8) is 0 Å². The van der Waals surface area contributed by atoms with Crippen LogP contribution in [0.25, 0.3) is 0 Å². The van der Waals surface area contributed by atoms with Crippen LogP contribution in [0.1, 0.15) is 30.4 Å². The van der Waals surface area contributed by atoms with Crippen molar-refractivity contribution in [3.8, 4) is 5.75 Å². The minimum atomic E-state index is -3.74. The lowest BCUT2D eigenvalue weighted by Gasteiger charge is -2.41. The molecule has 0 spiro atoms. The molecule has 2 rings (SSSR count). The zero-order valence-electron chi connectivity index (χ0n) is 12.8. The van der Waals surface area contributed by atoms with Gasteiger partial charge in [0.2, 0.25) is 0 Å². The fourth-order valence-corrected chi connectivity index (χ4v) is 2.49. The van der Waals surface area contributed by atoms with Gasteiger partial charge in [-0.15, -0.1) is 0 Å². The van der Waals surface area contributed by atoms with Crippen molar-refractivity contribution in [2.24, 2.45) is 0 Å². The van der Waals surface area contributed by atoms with Crippen LogP contribution in [0.5, 0.6) is 5.75 Å². The molecule has 6 heteroatoms. The number of aryl methyl sites for hydroxylation is 1. The zero-order chi connectivity index (χ0) is 16.4. The van der Waals surface area contributed by atoms with Gasteiger partial charge in [0.05, 0.1) is 7.11 Å². The Morgan fingerprint density at radius 3 is 2.68 bits per heavy atom. The van der Waals surface area contributed by atoms with Crippen molar-refractivity contribution in [1.82, 2.24) is 5.32 Å². The Labute approximate surface area is 128 Å². The second-order valence-corrected chi connectivity index (χ2v) is 5.77. The summed E-state index contributed by atoms with van der Waals surface area (Å²) in [5.74, 6) is -4.43. The van der Waals surface area contributed by atoms with Crippen LogP contribution < -0.4 is 10.1 Å². The standard InChI is InChI=1S/C16H21F2NO3/c1-11-4-5-12(10-13(11)22-2)6-9-19-14(20)16(17,18)15(21)7-3-8-15/h4-5,10,21H,3,6-9H2,1-2H3,(H,19,20). The minimum Gasteiger partial charge on any atom is -0.496 e. The molecule has 0 aromatic heterocycles. The zero-order valence-corrected chi connectivity index (χ0v) is 12.8. The van der Waals surface area contributed by atoms with E-state index in [-0.39, 0.29) is 19.4 Å². The average Bonchev–Trinajstić information content (AvgIpc) is 2.46. The van der Waals surface area contributed by atoms with Gasteiger partial charge in [-0.1, -0.05) is 12.1 Å². The highest BCUT2D eigenvalue weighted by Crippen LogP contribution is 2.44. The highest BCUT2D eigenvalue weighted by molar-refractivity contribution is 5.85. The number of alkyl halides is 2.